The number of benzene rings is 2. The molecule has 2 N–H and O–H groups in total. The predicted octanol–water partition coefficient (Wildman–Crippen LogP) is 5.34. The maximum absolute atomic E-state index is 12.8. The number of alkyl halides is 3. The number of anilines is 4. The van der Waals surface area contributed by atoms with Gasteiger partial charge in [0.2, 0.25) is 5.95 Å². The molecule has 0 saturated heterocycles. The summed E-state index contributed by atoms with van der Waals surface area (Å²) in [4.78, 5) is 4.19. The van der Waals surface area contributed by atoms with Crippen LogP contribution in [0.3, 0.4) is 0 Å². The van der Waals surface area contributed by atoms with Crippen LogP contribution in [0.4, 0.5) is 36.3 Å². The summed E-state index contributed by atoms with van der Waals surface area (Å²) < 4.78 is 38.4. The van der Waals surface area contributed by atoms with Gasteiger partial charge in [-0.15, -0.1) is 5.10 Å². The van der Waals surface area contributed by atoms with Crippen molar-refractivity contribution in [1.82, 2.24) is 15.2 Å². The number of nitrogens with one attached hydrogen (secondary N) is 2. The molecule has 3 aromatic rings. The normalized spacial score (nSPS) is 11.3. The first-order valence-electron chi connectivity index (χ1n) is 7.48. The molecule has 2 aromatic carbocycles. The second kappa shape index (κ2) is 7.17. The maximum Gasteiger partial charge on any atom is 0.416 e. The Morgan fingerprint density at radius 2 is 1.77 bits per heavy atom. The van der Waals surface area contributed by atoms with Crippen LogP contribution >= 0.6 is 11.6 Å². The van der Waals surface area contributed by atoms with Gasteiger partial charge in [0.05, 0.1) is 11.8 Å². The van der Waals surface area contributed by atoms with Crippen LogP contribution in [0.2, 0.25) is 5.02 Å². The molecule has 134 valence electrons. The fraction of sp³-hybridized carbons (Fsp3) is 0.118. The molecule has 0 atom stereocenters. The van der Waals surface area contributed by atoms with Crippen molar-refractivity contribution in [2.24, 2.45) is 0 Å². The second-order valence-corrected chi connectivity index (χ2v) is 5.86. The van der Waals surface area contributed by atoms with Gasteiger partial charge in [-0.3, -0.25) is 0 Å². The Kier molecular flexibility index (Phi) is 4.94. The molecule has 1 aromatic heterocycles. The molecule has 0 fully saturated rings. The van der Waals surface area contributed by atoms with Crippen LogP contribution in [0.1, 0.15) is 11.1 Å². The van der Waals surface area contributed by atoms with Crippen molar-refractivity contribution in [2.75, 3.05) is 10.6 Å². The van der Waals surface area contributed by atoms with E-state index in [1.807, 2.05) is 13.0 Å². The highest BCUT2D eigenvalue weighted by molar-refractivity contribution is 6.31. The molecule has 0 aliphatic heterocycles. The summed E-state index contributed by atoms with van der Waals surface area (Å²) in [7, 11) is 0. The summed E-state index contributed by atoms with van der Waals surface area (Å²) in [5, 5.41) is 14.0. The van der Waals surface area contributed by atoms with Gasteiger partial charge < -0.3 is 10.6 Å². The highest BCUT2D eigenvalue weighted by Crippen LogP contribution is 2.31. The van der Waals surface area contributed by atoms with E-state index in [-0.39, 0.29) is 17.5 Å². The average Bonchev–Trinajstić information content (AvgIpc) is 2.58. The summed E-state index contributed by atoms with van der Waals surface area (Å²) in [6.07, 6.45) is -3.10. The highest BCUT2D eigenvalue weighted by atomic mass is 35.5. The van der Waals surface area contributed by atoms with E-state index in [9.17, 15) is 13.2 Å². The quantitative estimate of drug-likeness (QED) is 0.640. The number of hydrogen-bond donors (Lipinski definition) is 2. The van der Waals surface area contributed by atoms with Gasteiger partial charge in [-0.25, -0.2) is 0 Å². The van der Waals surface area contributed by atoms with Crippen LogP contribution in [0.25, 0.3) is 0 Å². The van der Waals surface area contributed by atoms with Crippen molar-refractivity contribution in [3.63, 3.8) is 0 Å². The minimum atomic E-state index is -4.42. The fourth-order valence-corrected chi connectivity index (χ4v) is 2.32. The number of aromatic nitrogens is 3. The van der Waals surface area contributed by atoms with Crippen molar-refractivity contribution in [2.45, 2.75) is 13.1 Å². The molecule has 0 spiro atoms. The maximum atomic E-state index is 12.8. The lowest BCUT2D eigenvalue weighted by molar-refractivity contribution is -0.137. The Bertz CT molecular complexity index is 930. The largest absolute Gasteiger partial charge is 0.416 e. The number of aryl methyl sites for hydroxylation is 1. The van der Waals surface area contributed by atoms with Crippen molar-refractivity contribution < 1.29 is 13.2 Å². The number of halogens is 4. The third-order valence-corrected chi connectivity index (χ3v) is 3.86. The minimum absolute atomic E-state index is 0.182. The van der Waals surface area contributed by atoms with Crippen molar-refractivity contribution in [3.8, 4) is 0 Å². The van der Waals surface area contributed by atoms with Crippen LogP contribution in [0, 0.1) is 6.92 Å². The summed E-state index contributed by atoms with van der Waals surface area (Å²) >= 11 is 6.07. The average molecular weight is 380 g/mol. The van der Waals surface area contributed by atoms with E-state index in [2.05, 4.69) is 25.8 Å². The molecule has 9 heteroatoms. The van der Waals surface area contributed by atoms with Crippen LogP contribution in [0.5, 0.6) is 0 Å². The van der Waals surface area contributed by atoms with Gasteiger partial charge in [-0.05, 0) is 42.8 Å². The van der Waals surface area contributed by atoms with Gasteiger partial charge in [-0.2, -0.15) is 23.3 Å². The van der Waals surface area contributed by atoms with E-state index in [0.29, 0.717) is 10.7 Å². The van der Waals surface area contributed by atoms with Gasteiger partial charge in [-0.1, -0.05) is 23.7 Å². The van der Waals surface area contributed by atoms with Gasteiger partial charge >= 0.3 is 6.18 Å². The third kappa shape index (κ3) is 4.40. The van der Waals surface area contributed by atoms with E-state index in [1.54, 1.807) is 12.1 Å². The first-order chi connectivity index (χ1) is 12.3. The van der Waals surface area contributed by atoms with Crippen LogP contribution in [-0.4, -0.2) is 15.2 Å². The standard InChI is InChI=1S/C17H13ClF3N5/c1-10-5-6-13(8-14(10)18)24-16-25-15(9-22-26-16)23-12-4-2-3-11(7-12)17(19,20)21/h2-9H,1H3,(H2,23,24,25,26). The Morgan fingerprint density at radius 3 is 2.50 bits per heavy atom. The second-order valence-electron chi connectivity index (χ2n) is 5.46. The number of nitrogens with zero attached hydrogens (tertiary/aromatic N) is 3. The molecule has 26 heavy (non-hydrogen) atoms. The molecule has 5 nitrogen and oxygen atoms in total. The first kappa shape index (κ1) is 17.9. The topological polar surface area (TPSA) is 62.7 Å². The Hall–Kier alpha value is -2.87. The number of hydrogen-bond acceptors (Lipinski definition) is 5. The molecule has 0 radical (unpaired) electrons. The Labute approximate surface area is 152 Å². The molecule has 3 rings (SSSR count). The van der Waals surface area contributed by atoms with E-state index in [4.69, 9.17) is 11.6 Å². The summed E-state index contributed by atoms with van der Waals surface area (Å²) in [6.45, 7) is 1.88. The molecule has 1 heterocycles. The molecular formula is C17H13ClF3N5. The Morgan fingerprint density at radius 1 is 1.00 bits per heavy atom. The number of rotatable bonds is 4. The molecule has 0 aliphatic rings. The van der Waals surface area contributed by atoms with Crippen LogP contribution in [-0.2, 0) is 6.18 Å². The van der Waals surface area contributed by atoms with E-state index >= 15 is 0 Å². The molecule has 0 saturated carbocycles. The zero-order chi connectivity index (χ0) is 18.7. The van der Waals surface area contributed by atoms with Crippen LogP contribution < -0.4 is 10.6 Å². The molecule has 0 unspecified atom stereocenters. The third-order valence-electron chi connectivity index (χ3n) is 3.45. The van der Waals surface area contributed by atoms with Gasteiger partial charge in [0.15, 0.2) is 5.82 Å². The summed E-state index contributed by atoms with van der Waals surface area (Å²) in [5.74, 6) is 0.432. The molecule has 0 amide bonds. The van der Waals surface area contributed by atoms with E-state index < -0.39 is 11.7 Å². The lowest BCUT2D eigenvalue weighted by Crippen LogP contribution is -2.06. The Balaban J connectivity index is 1.78. The van der Waals surface area contributed by atoms with Gasteiger partial charge in [0, 0.05) is 16.4 Å². The van der Waals surface area contributed by atoms with Crippen molar-refractivity contribution in [3.05, 3.63) is 64.8 Å². The van der Waals surface area contributed by atoms with E-state index in [0.717, 1.165) is 17.7 Å². The predicted molar refractivity (Wildman–Crippen MR) is 94.0 cm³/mol. The fourth-order valence-electron chi connectivity index (χ4n) is 2.14. The zero-order valence-corrected chi connectivity index (χ0v) is 14.2. The first-order valence-corrected chi connectivity index (χ1v) is 7.86. The van der Waals surface area contributed by atoms with E-state index in [1.165, 1.54) is 18.3 Å². The molecule has 0 aliphatic carbocycles. The smallest absolute Gasteiger partial charge is 0.339 e. The van der Waals surface area contributed by atoms with Crippen molar-refractivity contribution in [1.29, 1.82) is 0 Å². The minimum Gasteiger partial charge on any atom is -0.339 e. The lowest BCUT2D eigenvalue weighted by atomic mass is 10.2. The molecular weight excluding hydrogens is 367 g/mol. The summed E-state index contributed by atoms with van der Waals surface area (Å²) in [5.41, 5.74) is 1.08. The summed E-state index contributed by atoms with van der Waals surface area (Å²) in [6, 6.07) is 10.2. The van der Waals surface area contributed by atoms with Gasteiger partial charge in [0.1, 0.15) is 0 Å². The molecule has 0 bridgehead atoms. The van der Waals surface area contributed by atoms with Crippen molar-refractivity contribution >= 4 is 34.7 Å². The van der Waals surface area contributed by atoms with Crippen LogP contribution in [0.15, 0.2) is 48.7 Å². The monoisotopic (exact) mass is 379 g/mol. The van der Waals surface area contributed by atoms with Gasteiger partial charge in [0.25, 0.3) is 0 Å². The lowest BCUT2D eigenvalue weighted by Gasteiger charge is -2.11. The SMILES string of the molecule is Cc1ccc(Nc2nncc(Nc3cccc(C(F)(F)F)c3)n2)cc1Cl. The zero-order valence-electron chi connectivity index (χ0n) is 13.5. The highest BCUT2D eigenvalue weighted by Gasteiger charge is 2.30.